The fraction of sp³-hybridized carbons (Fsp3) is 0.417. The number of rotatable bonds is 1. The maximum atomic E-state index is 7.00. The second kappa shape index (κ2) is 3.34. The first-order chi connectivity index (χ1) is 6.72. The summed E-state index contributed by atoms with van der Waals surface area (Å²) in [5.74, 6) is 0. The fourth-order valence-electron chi connectivity index (χ4n) is 1.92. The molecule has 0 saturated heterocycles. The van der Waals surface area contributed by atoms with Crippen LogP contribution in [0.5, 0.6) is 0 Å². The highest BCUT2D eigenvalue weighted by Gasteiger charge is 2.18. The largest absolute Gasteiger partial charge is 0.374 e. The van der Waals surface area contributed by atoms with Crippen LogP contribution in [0, 0.1) is 6.57 Å². The maximum absolute atomic E-state index is 7.00. The van der Waals surface area contributed by atoms with E-state index in [0.29, 0.717) is 0 Å². The van der Waals surface area contributed by atoms with Gasteiger partial charge in [0.05, 0.1) is 0 Å². The third-order valence-corrected chi connectivity index (χ3v) is 2.91. The summed E-state index contributed by atoms with van der Waals surface area (Å²) in [6, 6.07) is 6.38. The first-order valence-electron chi connectivity index (χ1n) is 4.93. The average Bonchev–Trinajstić information content (AvgIpc) is 2.59. The molecule has 1 aliphatic rings. The zero-order chi connectivity index (χ0) is 10.1. The molecule has 0 aliphatic carbocycles. The van der Waals surface area contributed by atoms with E-state index in [1.165, 1.54) is 11.3 Å². The van der Waals surface area contributed by atoms with Crippen LogP contribution in [0.2, 0.25) is 0 Å². The molecule has 2 rings (SSSR count). The molecule has 1 aromatic carbocycles. The van der Waals surface area contributed by atoms with Crippen molar-refractivity contribution in [2.24, 2.45) is 0 Å². The lowest BCUT2D eigenvalue weighted by Gasteiger charge is -2.11. The SMILES string of the molecule is [C-]#[N+]C(C)c1ccc2c(c1)CCN2C. The minimum atomic E-state index is -0.00814. The molecule has 0 amide bonds. The van der Waals surface area contributed by atoms with E-state index in [2.05, 4.69) is 35.0 Å². The van der Waals surface area contributed by atoms with Gasteiger partial charge in [0.2, 0.25) is 6.04 Å². The number of hydrogen-bond donors (Lipinski definition) is 0. The molecule has 72 valence electrons. The molecule has 14 heavy (non-hydrogen) atoms. The Balaban J connectivity index is 2.38. The summed E-state index contributed by atoms with van der Waals surface area (Å²) in [6.07, 6.45) is 1.12. The van der Waals surface area contributed by atoms with Gasteiger partial charge in [-0.3, -0.25) is 0 Å². The third kappa shape index (κ3) is 1.35. The highest BCUT2D eigenvalue weighted by atomic mass is 15.1. The van der Waals surface area contributed by atoms with Crippen molar-refractivity contribution >= 4 is 5.69 Å². The quantitative estimate of drug-likeness (QED) is 0.612. The van der Waals surface area contributed by atoms with Crippen molar-refractivity contribution < 1.29 is 0 Å². The minimum absolute atomic E-state index is 0.00814. The van der Waals surface area contributed by atoms with E-state index in [1.54, 1.807) is 0 Å². The highest BCUT2D eigenvalue weighted by Crippen LogP contribution is 2.29. The van der Waals surface area contributed by atoms with Gasteiger partial charge in [-0.25, -0.2) is 6.57 Å². The lowest BCUT2D eigenvalue weighted by molar-refractivity contribution is 0.948. The minimum Gasteiger partial charge on any atom is -0.374 e. The molecule has 0 fully saturated rings. The molecular formula is C12H14N2. The van der Waals surface area contributed by atoms with E-state index in [1.807, 2.05) is 6.92 Å². The Morgan fingerprint density at radius 1 is 1.50 bits per heavy atom. The molecule has 1 heterocycles. The summed E-state index contributed by atoms with van der Waals surface area (Å²) in [6.45, 7) is 10.1. The van der Waals surface area contributed by atoms with E-state index in [4.69, 9.17) is 6.57 Å². The lowest BCUT2D eigenvalue weighted by atomic mass is 10.0. The predicted octanol–water partition coefficient (Wildman–Crippen LogP) is 2.66. The molecule has 0 bridgehead atoms. The van der Waals surface area contributed by atoms with Crippen LogP contribution in [0.3, 0.4) is 0 Å². The average molecular weight is 186 g/mol. The monoisotopic (exact) mass is 186 g/mol. The normalized spacial score (nSPS) is 16.2. The Labute approximate surface area is 85.0 Å². The molecule has 0 spiro atoms. The van der Waals surface area contributed by atoms with Crippen molar-refractivity contribution in [1.29, 1.82) is 0 Å². The van der Waals surface area contributed by atoms with Crippen molar-refractivity contribution in [3.05, 3.63) is 40.7 Å². The zero-order valence-corrected chi connectivity index (χ0v) is 8.62. The molecule has 1 aromatic rings. The molecule has 1 aliphatic heterocycles. The topological polar surface area (TPSA) is 7.60 Å². The van der Waals surface area contributed by atoms with Crippen molar-refractivity contribution in [1.82, 2.24) is 0 Å². The molecular weight excluding hydrogens is 172 g/mol. The van der Waals surface area contributed by atoms with Crippen molar-refractivity contribution in [2.75, 3.05) is 18.5 Å². The highest BCUT2D eigenvalue weighted by molar-refractivity contribution is 5.58. The Morgan fingerprint density at radius 2 is 2.29 bits per heavy atom. The second-order valence-corrected chi connectivity index (χ2v) is 3.86. The smallest absolute Gasteiger partial charge is 0.245 e. The van der Waals surface area contributed by atoms with Crippen LogP contribution in [-0.2, 0) is 6.42 Å². The molecule has 1 atom stereocenters. The van der Waals surface area contributed by atoms with Crippen molar-refractivity contribution in [3.8, 4) is 0 Å². The Kier molecular flexibility index (Phi) is 2.17. The predicted molar refractivity (Wildman–Crippen MR) is 58.4 cm³/mol. The number of likely N-dealkylation sites (N-methyl/N-ethyl adjacent to an activating group) is 1. The maximum Gasteiger partial charge on any atom is 0.245 e. The molecule has 0 saturated carbocycles. The molecule has 2 heteroatoms. The first-order valence-corrected chi connectivity index (χ1v) is 4.93. The molecule has 0 radical (unpaired) electrons. The van der Waals surface area contributed by atoms with Crippen LogP contribution in [0.15, 0.2) is 18.2 Å². The third-order valence-electron chi connectivity index (χ3n) is 2.91. The van der Waals surface area contributed by atoms with Crippen molar-refractivity contribution in [3.63, 3.8) is 0 Å². The van der Waals surface area contributed by atoms with E-state index in [0.717, 1.165) is 18.5 Å². The van der Waals surface area contributed by atoms with Crippen LogP contribution in [0.1, 0.15) is 24.1 Å². The number of anilines is 1. The summed E-state index contributed by atoms with van der Waals surface area (Å²) < 4.78 is 0. The number of fused-ring (bicyclic) bond motifs is 1. The van der Waals surface area contributed by atoms with Crippen LogP contribution in [0.25, 0.3) is 4.85 Å². The Hall–Kier alpha value is -1.49. The van der Waals surface area contributed by atoms with Gasteiger partial charge in [0.15, 0.2) is 0 Å². The van der Waals surface area contributed by atoms with Gasteiger partial charge in [-0.05, 0) is 30.2 Å². The van der Waals surface area contributed by atoms with Gasteiger partial charge in [0, 0.05) is 31.8 Å². The summed E-state index contributed by atoms with van der Waals surface area (Å²) in [7, 11) is 2.11. The molecule has 0 N–H and O–H groups in total. The summed E-state index contributed by atoms with van der Waals surface area (Å²) in [4.78, 5) is 5.81. The number of hydrogen-bond acceptors (Lipinski definition) is 1. The zero-order valence-electron chi connectivity index (χ0n) is 8.62. The van der Waals surface area contributed by atoms with Gasteiger partial charge in [-0.2, -0.15) is 0 Å². The van der Waals surface area contributed by atoms with E-state index >= 15 is 0 Å². The first kappa shape index (κ1) is 9.08. The van der Waals surface area contributed by atoms with Gasteiger partial charge < -0.3 is 9.74 Å². The summed E-state index contributed by atoms with van der Waals surface area (Å²) in [5, 5.41) is 0. The van der Waals surface area contributed by atoms with Crippen LogP contribution >= 0.6 is 0 Å². The lowest BCUT2D eigenvalue weighted by Crippen LogP contribution is -2.12. The van der Waals surface area contributed by atoms with Gasteiger partial charge in [0.25, 0.3) is 0 Å². The second-order valence-electron chi connectivity index (χ2n) is 3.86. The van der Waals surface area contributed by atoms with Gasteiger partial charge in [-0.15, -0.1) is 0 Å². The van der Waals surface area contributed by atoms with Gasteiger partial charge in [-0.1, -0.05) is 0 Å². The fourth-order valence-corrected chi connectivity index (χ4v) is 1.92. The van der Waals surface area contributed by atoms with E-state index in [9.17, 15) is 0 Å². The van der Waals surface area contributed by atoms with Crippen LogP contribution in [-0.4, -0.2) is 13.6 Å². The summed E-state index contributed by atoms with van der Waals surface area (Å²) in [5.41, 5.74) is 3.86. The van der Waals surface area contributed by atoms with E-state index < -0.39 is 0 Å². The van der Waals surface area contributed by atoms with Crippen molar-refractivity contribution in [2.45, 2.75) is 19.4 Å². The van der Waals surface area contributed by atoms with Crippen LogP contribution < -0.4 is 4.90 Å². The number of nitrogens with zero attached hydrogens (tertiary/aromatic N) is 2. The Morgan fingerprint density at radius 3 is 3.00 bits per heavy atom. The van der Waals surface area contributed by atoms with Crippen LogP contribution in [0.4, 0.5) is 5.69 Å². The van der Waals surface area contributed by atoms with Gasteiger partial charge >= 0.3 is 0 Å². The molecule has 2 nitrogen and oxygen atoms in total. The standard InChI is InChI=1S/C12H14N2/c1-9(13-2)10-4-5-12-11(8-10)6-7-14(12)3/h4-5,8-9H,6-7H2,1,3H3. The van der Waals surface area contributed by atoms with E-state index in [-0.39, 0.29) is 6.04 Å². The molecule has 1 unspecified atom stereocenters. The number of benzene rings is 1. The summed E-state index contributed by atoms with van der Waals surface area (Å²) >= 11 is 0. The Bertz CT molecular complexity index is 390. The van der Waals surface area contributed by atoms with Gasteiger partial charge in [0.1, 0.15) is 0 Å². The molecule has 0 aromatic heterocycles.